The first-order valence-corrected chi connectivity index (χ1v) is 15.0. The van der Waals surface area contributed by atoms with Crippen molar-refractivity contribution in [2.45, 2.75) is 36.5 Å². The second-order valence-corrected chi connectivity index (χ2v) is 13.1. The number of hydrogen-bond donors (Lipinski definition) is 1. The van der Waals surface area contributed by atoms with Crippen LogP contribution in [0, 0.1) is 11.6 Å². The fourth-order valence-corrected chi connectivity index (χ4v) is 6.15. The summed E-state index contributed by atoms with van der Waals surface area (Å²) in [6, 6.07) is 19.0. The van der Waals surface area contributed by atoms with Gasteiger partial charge in [-0.1, -0.05) is 18.2 Å². The predicted molar refractivity (Wildman–Crippen MR) is 158 cm³/mol. The molecule has 0 radical (unpaired) electrons. The minimum Gasteiger partial charge on any atom is -0.410 e. The smallest absolute Gasteiger partial charge is 0.410 e. The van der Waals surface area contributed by atoms with Gasteiger partial charge in [0.2, 0.25) is 0 Å². The van der Waals surface area contributed by atoms with E-state index in [9.17, 15) is 22.0 Å². The SMILES string of the molecule is C[C@H]1COCCN1c1cc(C(C)(C)S(=O)(=O)c2cc(F)cc(F)c2)nc(-c2ccc(NC(=O)Oc3ccccc3)cc2)n1. The van der Waals surface area contributed by atoms with Gasteiger partial charge in [0.25, 0.3) is 0 Å². The van der Waals surface area contributed by atoms with Gasteiger partial charge in [-0.15, -0.1) is 0 Å². The Morgan fingerprint density at radius 2 is 1.67 bits per heavy atom. The van der Waals surface area contributed by atoms with Crippen LogP contribution in [0.2, 0.25) is 0 Å². The summed E-state index contributed by atoms with van der Waals surface area (Å²) in [6.45, 7) is 6.28. The van der Waals surface area contributed by atoms with Crippen LogP contribution >= 0.6 is 0 Å². The van der Waals surface area contributed by atoms with Crippen molar-refractivity contribution in [3.63, 3.8) is 0 Å². The molecule has 1 aliphatic heterocycles. The lowest BCUT2D eigenvalue weighted by atomic mass is 10.1. The molecular weight excluding hydrogens is 578 g/mol. The molecule has 0 unspecified atom stereocenters. The Bertz CT molecular complexity index is 1720. The van der Waals surface area contributed by atoms with Crippen LogP contribution in [0.25, 0.3) is 11.4 Å². The standard InChI is InChI=1S/C31H30F2N4O5S/c1-20-19-41-14-13-37(20)28-18-27(31(2,3)43(39,40)26-16-22(32)15-23(33)17-26)35-29(36-28)21-9-11-24(12-10-21)34-30(38)42-25-7-5-4-6-8-25/h4-12,15-18,20H,13-14,19H2,1-3H3,(H,34,38)/t20-/m0/s1. The summed E-state index contributed by atoms with van der Waals surface area (Å²) in [5.74, 6) is -0.884. The van der Waals surface area contributed by atoms with E-state index >= 15 is 0 Å². The van der Waals surface area contributed by atoms with E-state index in [0.29, 0.717) is 48.6 Å². The van der Waals surface area contributed by atoms with Gasteiger partial charge in [0.1, 0.15) is 27.9 Å². The summed E-state index contributed by atoms with van der Waals surface area (Å²) in [6.07, 6.45) is -0.665. The zero-order valence-electron chi connectivity index (χ0n) is 23.8. The number of ether oxygens (including phenoxy) is 2. The number of halogens is 2. The third-order valence-corrected chi connectivity index (χ3v) is 9.56. The molecule has 1 aromatic heterocycles. The van der Waals surface area contributed by atoms with Crippen LogP contribution in [0.3, 0.4) is 0 Å². The van der Waals surface area contributed by atoms with Crippen LogP contribution in [0.1, 0.15) is 26.5 Å². The highest BCUT2D eigenvalue weighted by atomic mass is 32.2. The number of carbonyl (C=O) groups excluding carboxylic acids is 1. The fraction of sp³-hybridized carbons (Fsp3) is 0.258. The first-order chi connectivity index (χ1) is 20.4. The van der Waals surface area contributed by atoms with Crippen LogP contribution in [-0.2, 0) is 19.3 Å². The number of aromatic nitrogens is 2. The highest BCUT2D eigenvalue weighted by Crippen LogP contribution is 2.37. The normalized spacial score (nSPS) is 15.7. The molecular formula is C31H30F2N4O5S. The molecule has 12 heteroatoms. The number of nitrogens with one attached hydrogen (secondary N) is 1. The van der Waals surface area contributed by atoms with E-state index in [4.69, 9.17) is 14.5 Å². The summed E-state index contributed by atoms with van der Waals surface area (Å²) in [4.78, 5) is 23.2. The number of para-hydroxylation sites is 1. The third-order valence-electron chi connectivity index (χ3n) is 7.15. The summed E-state index contributed by atoms with van der Waals surface area (Å²) in [7, 11) is -4.32. The molecule has 1 aliphatic rings. The number of amides is 1. The van der Waals surface area contributed by atoms with Gasteiger partial charge in [0.05, 0.1) is 29.8 Å². The molecule has 3 aromatic carbocycles. The molecule has 5 rings (SSSR count). The zero-order chi connectivity index (χ0) is 30.8. The zero-order valence-corrected chi connectivity index (χ0v) is 24.6. The summed E-state index contributed by atoms with van der Waals surface area (Å²) < 4.78 is 64.7. The highest BCUT2D eigenvalue weighted by molar-refractivity contribution is 7.92. The Balaban J connectivity index is 1.51. The number of carbonyl (C=O) groups is 1. The van der Waals surface area contributed by atoms with Crippen LogP contribution in [0.15, 0.2) is 83.8 Å². The maximum absolute atomic E-state index is 14.0. The highest BCUT2D eigenvalue weighted by Gasteiger charge is 2.40. The number of morpholine rings is 1. The second-order valence-electron chi connectivity index (χ2n) is 10.6. The Hall–Kier alpha value is -4.42. The molecule has 224 valence electrons. The lowest BCUT2D eigenvalue weighted by Crippen LogP contribution is -2.44. The monoisotopic (exact) mass is 608 g/mol. The number of benzene rings is 3. The van der Waals surface area contributed by atoms with Gasteiger partial charge in [-0.05, 0) is 69.3 Å². The van der Waals surface area contributed by atoms with E-state index in [0.717, 1.165) is 12.1 Å². The Morgan fingerprint density at radius 3 is 2.33 bits per heavy atom. The molecule has 0 aliphatic carbocycles. The lowest BCUT2D eigenvalue weighted by Gasteiger charge is -2.35. The van der Waals surface area contributed by atoms with Crippen molar-refractivity contribution in [1.82, 2.24) is 9.97 Å². The quantitative estimate of drug-likeness (QED) is 0.273. The van der Waals surface area contributed by atoms with E-state index in [-0.39, 0.29) is 17.6 Å². The molecule has 4 aromatic rings. The van der Waals surface area contributed by atoms with Gasteiger partial charge >= 0.3 is 6.09 Å². The van der Waals surface area contributed by atoms with Crippen LogP contribution < -0.4 is 15.0 Å². The molecule has 0 spiro atoms. The summed E-state index contributed by atoms with van der Waals surface area (Å²) >= 11 is 0. The van der Waals surface area contributed by atoms with Gasteiger partial charge in [0, 0.05) is 29.9 Å². The fourth-order valence-electron chi connectivity index (χ4n) is 4.64. The van der Waals surface area contributed by atoms with Crippen molar-refractivity contribution in [2.24, 2.45) is 0 Å². The Labute approximate surface area is 248 Å². The Kier molecular flexibility index (Phi) is 8.43. The molecule has 1 fully saturated rings. The number of sulfone groups is 1. The number of rotatable bonds is 7. The van der Waals surface area contributed by atoms with E-state index in [1.807, 2.05) is 17.9 Å². The lowest BCUT2D eigenvalue weighted by molar-refractivity contribution is 0.0985. The first kappa shape index (κ1) is 30.1. The predicted octanol–water partition coefficient (Wildman–Crippen LogP) is 5.97. The molecule has 1 atom stereocenters. The van der Waals surface area contributed by atoms with Crippen molar-refractivity contribution >= 4 is 27.4 Å². The van der Waals surface area contributed by atoms with Crippen LogP contribution in [-0.4, -0.2) is 50.3 Å². The number of nitrogens with zero attached hydrogens (tertiary/aromatic N) is 3. The molecule has 43 heavy (non-hydrogen) atoms. The van der Waals surface area contributed by atoms with E-state index in [1.165, 1.54) is 13.8 Å². The van der Waals surface area contributed by atoms with Crippen molar-refractivity contribution in [2.75, 3.05) is 30.0 Å². The Morgan fingerprint density at radius 1 is 1.00 bits per heavy atom. The average molecular weight is 609 g/mol. The number of hydrogen-bond acceptors (Lipinski definition) is 8. The molecule has 9 nitrogen and oxygen atoms in total. The first-order valence-electron chi connectivity index (χ1n) is 13.5. The summed E-state index contributed by atoms with van der Waals surface area (Å²) in [5, 5.41) is 2.66. The topological polar surface area (TPSA) is 111 Å². The van der Waals surface area contributed by atoms with Crippen molar-refractivity contribution in [3.8, 4) is 17.1 Å². The minimum atomic E-state index is -4.32. The van der Waals surface area contributed by atoms with Gasteiger partial charge in [0.15, 0.2) is 15.7 Å². The van der Waals surface area contributed by atoms with Crippen LogP contribution in [0.4, 0.5) is 25.1 Å². The number of anilines is 2. The maximum atomic E-state index is 14.0. The second kappa shape index (κ2) is 12.1. The van der Waals surface area contributed by atoms with E-state index < -0.39 is 37.2 Å². The van der Waals surface area contributed by atoms with Gasteiger partial charge in [-0.2, -0.15) is 0 Å². The van der Waals surface area contributed by atoms with E-state index in [2.05, 4.69) is 10.3 Å². The largest absolute Gasteiger partial charge is 0.417 e. The average Bonchev–Trinajstić information content (AvgIpc) is 2.97. The van der Waals surface area contributed by atoms with Crippen LogP contribution in [0.5, 0.6) is 5.75 Å². The van der Waals surface area contributed by atoms with Gasteiger partial charge in [-0.3, -0.25) is 5.32 Å². The third kappa shape index (κ3) is 6.50. The van der Waals surface area contributed by atoms with Crippen molar-refractivity contribution in [1.29, 1.82) is 0 Å². The molecule has 0 saturated carbocycles. The van der Waals surface area contributed by atoms with Crippen molar-refractivity contribution < 1.29 is 31.5 Å². The molecule has 2 heterocycles. The van der Waals surface area contributed by atoms with Gasteiger partial charge < -0.3 is 14.4 Å². The maximum Gasteiger partial charge on any atom is 0.417 e. The molecule has 1 N–H and O–H groups in total. The summed E-state index contributed by atoms with van der Waals surface area (Å²) in [5.41, 5.74) is 1.15. The van der Waals surface area contributed by atoms with Gasteiger partial charge in [-0.25, -0.2) is 32.0 Å². The molecule has 1 saturated heterocycles. The van der Waals surface area contributed by atoms with Crippen molar-refractivity contribution in [3.05, 3.63) is 96.2 Å². The molecule has 1 amide bonds. The van der Waals surface area contributed by atoms with E-state index in [1.54, 1.807) is 54.6 Å². The molecule has 0 bridgehead atoms. The minimum absolute atomic E-state index is 0.0522.